The third-order valence-corrected chi connectivity index (χ3v) is 5.70. The number of ether oxygens (including phenoxy) is 1. The normalized spacial score (nSPS) is 13.4. The Labute approximate surface area is 179 Å². The van der Waals surface area contributed by atoms with Crippen LogP contribution in [-0.4, -0.2) is 29.6 Å². The van der Waals surface area contributed by atoms with E-state index < -0.39 is 18.1 Å². The zero-order valence-corrected chi connectivity index (χ0v) is 18.9. The molecule has 0 spiro atoms. The molecule has 0 fully saturated rings. The smallest absolute Gasteiger partial charge is 0.331 e. The van der Waals surface area contributed by atoms with Crippen LogP contribution in [0.5, 0.6) is 0 Å². The number of thiophene rings is 1. The SMILES string of the molecule is CCCCCCCCCC/C=C/c1csc(C(O)C(NC(C)=O)C(=O)OCC)c1. The van der Waals surface area contributed by atoms with E-state index in [1.54, 1.807) is 6.92 Å². The summed E-state index contributed by atoms with van der Waals surface area (Å²) in [5.41, 5.74) is 0.994. The minimum atomic E-state index is -1.13. The number of rotatable bonds is 15. The second-order valence-corrected chi connectivity index (χ2v) is 8.27. The van der Waals surface area contributed by atoms with Crippen LogP contribution in [0.3, 0.4) is 0 Å². The third-order valence-electron chi connectivity index (χ3n) is 4.68. The molecule has 164 valence electrons. The molecule has 0 bridgehead atoms. The van der Waals surface area contributed by atoms with E-state index in [1.807, 2.05) is 17.5 Å². The van der Waals surface area contributed by atoms with Gasteiger partial charge in [0.15, 0.2) is 6.04 Å². The Balaban J connectivity index is 2.44. The van der Waals surface area contributed by atoms with Crippen molar-refractivity contribution in [1.82, 2.24) is 5.32 Å². The van der Waals surface area contributed by atoms with Crippen molar-refractivity contribution < 1.29 is 19.4 Å². The van der Waals surface area contributed by atoms with E-state index in [4.69, 9.17) is 4.74 Å². The molecule has 0 aliphatic heterocycles. The first kappa shape index (κ1) is 25.4. The fourth-order valence-corrected chi connectivity index (χ4v) is 4.01. The van der Waals surface area contributed by atoms with E-state index in [0.29, 0.717) is 4.88 Å². The van der Waals surface area contributed by atoms with Gasteiger partial charge in [0.25, 0.3) is 0 Å². The maximum Gasteiger partial charge on any atom is 0.331 e. The van der Waals surface area contributed by atoms with Crippen molar-refractivity contribution in [1.29, 1.82) is 0 Å². The van der Waals surface area contributed by atoms with Crippen LogP contribution in [0.15, 0.2) is 17.5 Å². The second kappa shape index (κ2) is 15.2. The van der Waals surface area contributed by atoms with Gasteiger partial charge in [-0.1, -0.05) is 64.0 Å². The van der Waals surface area contributed by atoms with Crippen molar-refractivity contribution in [3.63, 3.8) is 0 Å². The zero-order chi connectivity index (χ0) is 21.5. The summed E-state index contributed by atoms with van der Waals surface area (Å²) in [6, 6.07) is 0.758. The summed E-state index contributed by atoms with van der Waals surface area (Å²) in [5, 5.41) is 15.0. The molecule has 1 amide bonds. The first-order valence-corrected chi connectivity index (χ1v) is 11.7. The minimum absolute atomic E-state index is 0.193. The van der Waals surface area contributed by atoms with Crippen LogP contribution in [0.4, 0.5) is 0 Å². The van der Waals surface area contributed by atoms with Crippen molar-refractivity contribution in [2.45, 2.75) is 90.7 Å². The molecule has 1 aromatic heterocycles. The Morgan fingerprint density at radius 2 is 1.79 bits per heavy atom. The first-order chi connectivity index (χ1) is 14.0. The van der Waals surface area contributed by atoms with Gasteiger partial charge in [-0.15, -0.1) is 11.3 Å². The number of allylic oxidation sites excluding steroid dienone is 1. The predicted molar refractivity (Wildman–Crippen MR) is 120 cm³/mol. The van der Waals surface area contributed by atoms with Gasteiger partial charge in [0, 0.05) is 11.8 Å². The number of unbranched alkanes of at least 4 members (excludes halogenated alkanes) is 8. The van der Waals surface area contributed by atoms with Gasteiger partial charge in [0.2, 0.25) is 5.91 Å². The highest BCUT2D eigenvalue weighted by Gasteiger charge is 2.31. The summed E-state index contributed by atoms with van der Waals surface area (Å²) in [7, 11) is 0. The molecule has 1 heterocycles. The van der Waals surface area contributed by atoms with Gasteiger partial charge in [-0.25, -0.2) is 4.79 Å². The van der Waals surface area contributed by atoms with E-state index in [2.05, 4.69) is 18.3 Å². The number of hydrogen-bond acceptors (Lipinski definition) is 5. The van der Waals surface area contributed by atoms with Crippen LogP contribution in [-0.2, 0) is 14.3 Å². The molecule has 0 radical (unpaired) electrons. The molecule has 0 aliphatic carbocycles. The maximum absolute atomic E-state index is 12.1. The number of carbonyl (C=O) groups excluding carboxylic acids is 2. The van der Waals surface area contributed by atoms with Gasteiger partial charge >= 0.3 is 5.97 Å². The number of aliphatic hydroxyl groups is 1. The molecule has 1 aromatic rings. The molecule has 2 N–H and O–H groups in total. The zero-order valence-electron chi connectivity index (χ0n) is 18.1. The van der Waals surface area contributed by atoms with Crippen LogP contribution < -0.4 is 5.32 Å². The average molecular weight is 424 g/mol. The molecule has 1 rings (SSSR count). The quantitative estimate of drug-likeness (QED) is 0.293. The van der Waals surface area contributed by atoms with E-state index >= 15 is 0 Å². The molecule has 5 nitrogen and oxygen atoms in total. The van der Waals surface area contributed by atoms with E-state index in [9.17, 15) is 14.7 Å². The molecule has 0 aliphatic rings. The molecule has 6 heteroatoms. The Morgan fingerprint density at radius 1 is 1.14 bits per heavy atom. The number of carbonyl (C=O) groups is 2. The summed E-state index contributed by atoms with van der Waals surface area (Å²) >= 11 is 1.37. The van der Waals surface area contributed by atoms with E-state index in [0.717, 1.165) is 12.0 Å². The highest BCUT2D eigenvalue weighted by molar-refractivity contribution is 7.10. The van der Waals surface area contributed by atoms with Gasteiger partial charge in [0.1, 0.15) is 6.10 Å². The maximum atomic E-state index is 12.1. The standard InChI is InChI=1S/C23H37NO4S/c1-4-6-7-8-9-10-11-12-13-14-15-19-16-20(29-17-19)22(26)21(24-18(3)25)23(27)28-5-2/h14-17,21-22,26H,4-13H2,1-3H3,(H,24,25)/b15-14+. The molecule has 2 unspecified atom stereocenters. The average Bonchev–Trinajstić information content (AvgIpc) is 3.16. The van der Waals surface area contributed by atoms with Crippen LogP contribution in [0, 0.1) is 0 Å². The van der Waals surface area contributed by atoms with Gasteiger partial charge < -0.3 is 15.2 Å². The molecule has 2 atom stereocenters. The van der Waals surface area contributed by atoms with Crippen LogP contribution in [0.25, 0.3) is 6.08 Å². The number of nitrogens with one attached hydrogen (secondary N) is 1. The van der Waals surface area contributed by atoms with Crippen molar-refractivity contribution in [2.75, 3.05) is 6.61 Å². The molecule has 0 aromatic carbocycles. The Kier molecular flexibility index (Phi) is 13.3. The highest BCUT2D eigenvalue weighted by atomic mass is 32.1. The van der Waals surface area contributed by atoms with E-state index in [1.165, 1.54) is 69.6 Å². The fourth-order valence-electron chi connectivity index (χ4n) is 3.11. The molecular formula is C23H37NO4S. The molecular weight excluding hydrogens is 386 g/mol. The van der Waals surface area contributed by atoms with Crippen molar-refractivity contribution in [3.05, 3.63) is 28.0 Å². The van der Waals surface area contributed by atoms with Gasteiger partial charge in [0.05, 0.1) is 6.61 Å². The fraction of sp³-hybridized carbons (Fsp3) is 0.652. The lowest BCUT2D eigenvalue weighted by Crippen LogP contribution is -2.44. The predicted octanol–water partition coefficient (Wildman–Crippen LogP) is 5.39. The Bertz CT molecular complexity index is 626. The lowest BCUT2D eigenvalue weighted by atomic mass is 10.1. The number of hydrogen-bond donors (Lipinski definition) is 2. The van der Waals surface area contributed by atoms with E-state index in [-0.39, 0.29) is 12.5 Å². The summed E-state index contributed by atoms with van der Waals surface area (Å²) in [4.78, 5) is 24.1. The number of aliphatic hydroxyl groups excluding tert-OH is 1. The highest BCUT2D eigenvalue weighted by Crippen LogP contribution is 2.26. The molecule has 0 saturated carbocycles. The van der Waals surface area contributed by atoms with Crippen molar-refractivity contribution in [3.8, 4) is 0 Å². The van der Waals surface area contributed by atoms with Crippen LogP contribution >= 0.6 is 11.3 Å². The van der Waals surface area contributed by atoms with Crippen LogP contribution in [0.1, 0.15) is 95.1 Å². The first-order valence-electron chi connectivity index (χ1n) is 10.9. The van der Waals surface area contributed by atoms with Crippen LogP contribution in [0.2, 0.25) is 0 Å². The number of amides is 1. The van der Waals surface area contributed by atoms with Gasteiger partial charge in [-0.3, -0.25) is 4.79 Å². The topological polar surface area (TPSA) is 75.6 Å². The van der Waals surface area contributed by atoms with Gasteiger partial charge in [-0.2, -0.15) is 0 Å². The van der Waals surface area contributed by atoms with Crippen molar-refractivity contribution in [2.24, 2.45) is 0 Å². The summed E-state index contributed by atoms with van der Waals surface area (Å²) in [6.45, 7) is 5.44. The van der Waals surface area contributed by atoms with Crippen molar-refractivity contribution >= 4 is 29.3 Å². The Morgan fingerprint density at radius 3 is 2.41 bits per heavy atom. The Hall–Kier alpha value is -1.66. The lowest BCUT2D eigenvalue weighted by Gasteiger charge is -2.20. The summed E-state index contributed by atoms with van der Waals surface area (Å²) in [6.07, 6.45) is 14.6. The lowest BCUT2D eigenvalue weighted by molar-refractivity contribution is -0.150. The summed E-state index contributed by atoms with van der Waals surface area (Å²) in [5.74, 6) is -1.01. The van der Waals surface area contributed by atoms with Gasteiger partial charge in [-0.05, 0) is 36.8 Å². The summed E-state index contributed by atoms with van der Waals surface area (Å²) < 4.78 is 4.97. The minimum Gasteiger partial charge on any atom is -0.464 e. The third kappa shape index (κ3) is 10.6. The molecule has 29 heavy (non-hydrogen) atoms. The number of esters is 1. The monoisotopic (exact) mass is 423 g/mol. The largest absolute Gasteiger partial charge is 0.464 e. The molecule has 0 saturated heterocycles. The second-order valence-electron chi connectivity index (χ2n) is 7.32.